The summed E-state index contributed by atoms with van der Waals surface area (Å²) in [5, 5.41) is 11.1. The van der Waals surface area contributed by atoms with Crippen molar-refractivity contribution < 1.29 is 18.0 Å². The van der Waals surface area contributed by atoms with Crippen LogP contribution in [-0.4, -0.2) is 5.91 Å². The Bertz CT molecular complexity index is 790. The van der Waals surface area contributed by atoms with Gasteiger partial charge in [0.05, 0.1) is 17.2 Å². The number of rotatable bonds is 3. The standard InChI is InChI=1S/C17H11F3N2O/c1-11(12-5-3-2-4-6-12)16(23)22-14-8-7-13(10-21)15(9-14)17(18,19)20/h2-9H,1H2,(H,22,23). The fourth-order valence-corrected chi connectivity index (χ4v) is 1.93. The summed E-state index contributed by atoms with van der Waals surface area (Å²) in [5.74, 6) is -0.617. The van der Waals surface area contributed by atoms with Gasteiger partial charge in [-0.15, -0.1) is 0 Å². The molecule has 116 valence electrons. The van der Waals surface area contributed by atoms with Gasteiger partial charge in [0.25, 0.3) is 5.91 Å². The average molecular weight is 316 g/mol. The van der Waals surface area contributed by atoms with Crippen molar-refractivity contribution in [3.63, 3.8) is 0 Å². The molecule has 0 spiro atoms. The van der Waals surface area contributed by atoms with Gasteiger partial charge in [0, 0.05) is 11.3 Å². The smallest absolute Gasteiger partial charge is 0.322 e. The van der Waals surface area contributed by atoms with E-state index in [9.17, 15) is 18.0 Å². The number of hydrogen-bond acceptors (Lipinski definition) is 2. The maximum atomic E-state index is 12.9. The molecular weight excluding hydrogens is 305 g/mol. The normalized spacial score (nSPS) is 10.7. The van der Waals surface area contributed by atoms with Crippen molar-refractivity contribution in [3.05, 3.63) is 71.8 Å². The summed E-state index contributed by atoms with van der Waals surface area (Å²) < 4.78 is 38.7. The summed E-state index contributed by atoms with van der Waals surface area (Å²) in [6.07, 6.45) is -4.68. The van der Waals surface area contributed by atoms with Gasteiger partial charge in [0.1, 0.15) is 0 Å². The largest absolute Gasteiger partial charge is 0.417 e. The molecule has 2 rings (SSSR count). The Labute approximate surface area is 130 Å². The predicted octanol–water partition coefficient (Wildman–Crippen LogP) is 4.23. The van der Waals surface area contributed by atoms with Gasteiger partial charge in [0.2, 0.25) is 0 Å². The van der Waals surface area contributed by atoms with E-state index in [-0.39, 0.29) is 11.3 Å². The lowest BCUT2D eigenvalue weighted by Crippen LogP contribution is -2.14. The molecule has 6 heteroatoms. The number of carbonyl (C=O) groups excluding carboxylic acids is 1. The van der Waals surface area contributed by atoms with E-state index in [2.05, 4.69) is 11.9 Å². The van der Waals surface area contributed by atoms with Crippen molar-refractivity contribution in [3.8, 4) is 6.07 Å². The highest BCUT2D eigenvalue weighted by Gasteiger charge is 2.34. The number of anilines is 1. The first-order valence-corrected chi connectivity index (χ1v) is 6.50. The van der Waals surface area contributed by atoms with Crippen molar-refractivity contribution in [2.45, 2.75) is 6.18 Å². The third kappa shape index (κ3) is 3.77. The molecule has 0 atom stereocenters. The summed E-state index contributed by atoms with van der Waals surface area (Å²) in [5.41, 5.74) is -0.961. The van der Waals surface area contributed by atoms with Gasteiger partial charge in [-0.3, -0.25) is 4.79 Å². The molecule has 3 nitrogen and oxygen atoms in total. The summed E-state index contributed by atoms with van der Waals surface area (Å²) >= 11 is 0. The molecule has 2 aromatic rings. The fraction of sp³-hybridized carbons (Fsp3) is 0.0588. The number of nitriles is 1. The minimum Gasteiger partial charge on any atom is -0.322 e. The van der Waals surface area contributed by atoms with Crippen LogP contribution in [0.1, 0.15) is 16.7 Å². The average Bonchev–Trinajstić information content (AvgIpc) is 2.54. The summed E-state index contributed by atoms with van der Waals surface area (Å²) in [6.45, 7) is 3.64. The number of benzene rings is 2. The SMILES string of the molecule is C=C(C(=O)Nc1ccc(C#N)c(C(F)(F)F)c1)c1ccccc1. The highest BCUT2D eigenvalue weighted by atomic mass is 19.4. The van der Waals surface area contributed by atoms with Crippen LogP contribution in [0, 0.1) is 11.3 Å². The van der Waals surface area contributed by atoms with Gasteiger partial charge < -0.3 is 5.32 Å². The molecule has 23 heavy (non-hydrogen) atoms. The highest BCUT2D eigenvalue weighted by molar-refractivity contribution is 6.24. The van der Waals surface area contributed by atoms with Crippen molar-refractivity contribution >= 4 is 17.2 Å². The predicted molar refractivity (Wildman–Crippen MR) is 80.3 cm³/mol. The molecule has 1 N–H and O–H groups in total. The van der Waals surface area contributed by atoms with E-state index in [1.165, 1.54) is 12.1 Å². The van der Waals surface area contributed by atoms with Crippen LogP contribution in [0.5, 0.6) is 0 Å². The summed E-state index contributed by atoms with van der Waals surface area (Å²) in [4.78, 5) is 12.1. The Morgan fingerprint density at radius 1 is 1.13 bits per heavy atom. The number of amides is 1. The Kier molecular flexibility index (Phi) is 4.51. The van der Waals surface area contributed by atoms with E-state index in [1.807, 2.05) is 0 Å². The Morgan fingerprint density at radius 2 is 1.78 bits per heavy atom. The van der Waals surface area contributed by atoms with Crippen LogP contribution in [0.4, 0.5) is 18.9 Å². The van der Waals surface area contributed by atoms with Crippen LogP contribution in [0.2, 0.25) is 0 Å². The molecule has 1 amide bonds. The summed E-state index contributed by atoms with van der Waals surface area (Å²) in [6, 6.07) is 13.0. The van der Waals surface area contributed by atoms with E-state index < -0.39 is 23.2 Å². The van der Waals surface area contributed by atoms with Crippen LogP contribution >= 0.6 is 0 Å². The number of alkyl halides is 3. The molecule has 0 aliphatic rings. The second-order valence-electron chi connectivity index (χ2n) is 4.67. The highest BCUT2D eigenvalue weighted by Crippen LogP contribution is 2.33. The van der Waals surface area contributed by atoms with E-state index in [0.717, 1.165) is 12.1 Å². The zero-order valence-corrected chi connectivity index (χ0v) is 11.8. The minimum absolute atomic E-state index is 0.0570. The number of hydrogen-bond donors (Lipinski definition) is 1. The molecule has 0 unspecified atom stereocenters. The molecule has 0 aliphatic heterocycles. The van der Waals surface area contributed by atoms with Crippen LogP contribution in [-0.2, 0) is 11.0 Å². The fourth-order valence-electron chi connectivity index (χ4n) is 1.93. The van der Waals surface area contributed by atoms with E-state index >= 15 is 0 Å². The first-order valence-electron chi connectivity index (χ1n) is 6.50. The van der Waals surface area contributed by atoms with E-state index in [1.54, 1.807) is 30.3 Å². The molecule has 0 aliphatic carbocycles. The first kappa shape index (κ1) is 16.3. The van der Waals surface area contributed by atoms with E-state index in [0.29, 0.717) is 5.56 Å². The lowest BCUT2D eigenvalue weighted by Gasteiger charge is -2.12. The quantitative estimate of drug-likeness (QED) is 0.862. The molecule has 0 saturated heterocycles. The van der Waals surface area contributed by atoms with Crippen molar-refractivity contribution in [1.29, 1.82) is 5.26 Å². The molecule has 0 bridgehead atoms. The van der Waals surface area contributed by atoms with Gasteiger partial charge in [0.15, 0.2) is 0 Å². The van der Waals surface area contributed by atoms with Crippen LogP contribution < -0.4 is 5.32 Å². The monoisotopic (exact) mass is 316 g/mol. The zero-order valence-electron chi connectivity index (χ0n) is 11.8. The number of nitrogens with one attached hydrogen (secondary N) is 1. The first-order chi connectivity index (χ1) is 10.8. The maximum absolute atomic E-state index is 12.9. The van der Waals surface area contributed by atoms with Gasteiger partial charge in [-0.2, -0.15) is 18.4 Å². The number of carbonyl (C=O) groups is 1. The van der Waals surface area contributed by atoms with Gasteiger partial charge >= 0.3 is 6.18 Å². The Hall–Kier alpha value is -3.07. The third-order valence-electron chi connectivity index (χ3n) is 3.10. The van der Waals surface area contributed by atoms with Gasteiger partial charge in [-0.1, -0.05) is 36.9 Å². The molecule has 0 fully saturated rings. The van der Waals surface area contributed by atoms with E-state index in [4.69, 9.17) is 5.26 Å². The maximum Gasteiger partial charge on any atom is 0.417 e. The van der Waals surface area contributed by atoms with Crippen LogP contribution in [0.25, 0.3) is 5.57 Å². The molecule has 0 radical (unpaired) electrons. The van der Waals surface area contributed by atoms with Crippen LogP contribution in [0.3, 0.4) is 0 Å². The van der Waals surface area contributed by atoms with Gasteiger partial charge in [-0.25, -0.2) is 0 Å². The van der Waals surface area contributed by atoms with Gasteiger partial charge in [-0.05, 0) is 23.8 Å². The molecule has 0 aromatic heterocycles. The topological polar surface area (TPSA) is 52.9 Å². The number of nitrogens with zero attached hydrogens (tertiary/aromatic N) is 1. The zero-order chi connectivity index (χ0) is 17.0. The molecule has 0 heterocycles. The van der Waals surface area contributed by atoms with Crippen molar-refractivity contribution in [2.24, 2.45) is 0 Å². The lowest BCUT2D eigenvalue weighted by molar-refractivity contribution is -0.137. The van der Waals surface area contributed by atoms with Crippen molar-refractivity contribution in [2.75, 3.05) is 5.32 Å². The molecular formula is C17H11F3N2O. The second kappa shape index (κ2) is 6.36. The lowest BCUT2D eigenvalue weighted by atomic mass is 10.1. The molecule has 0 saturated carbocycles. The Balaban J connectivity index is 2.26. The van der Waals surface area contributed by atoms with Crippen LogP contribution in [0.15, 0.2) is 55.1 Å². The minimum atomic E-state index is -4.68. The second-order valence-corrected chi connectivity index (χ2v) is 4.67. The molecule has 2 aromatic carbocycles. The Morgan fingerprint density at radius 3 is 2.35 bits per heavy atom. The number of halogens is 3. The van der Waals surface area contributed by atoms with Crippen molar-refractivity contribution in [1.82, 2.24) is 0 Å². The third-order valence-corrected chi connectivity index (χ3v) is 3.10. The summed E-state index contributed by atoms with van der Waals surface area (Å²) in [7, 11) is 0.